The van der Waals surface area contributed by atoms with Gasteiger partial charge in [-0.1, -0.05) is 97.1 Å². The van der Waals surface area contributed by atoms with Gasteiger partial charge in [-0.15, -0.1) is 0 Å². The summed E-state index contributed by atoms with van der Waals surface area (Å²) in [7, 11) is 0. The van der Waals surface area contributed by atoms with Gasteiger partial charge in [0.05, 0.1) is 0 Å². The second kappa shape index (κ2) is 5.95. The van der Waals surface area contributed by atoms with Crippen LogP contribution in [0.3, 0.4) is 0 Å². The first-order valence-electron chi connectivity index (χ1n) is 11.4. The molecule has 6 bridgehead atoms. The molecule has 2 unspecified atom stereocenters. The Labute approximate surface area is 178 Å². The summed E-state index contributed by atoms with van der Waals surface area (Å²) in [6, 6.07) is 31.2. The zero-order chi connectivity index (χ0) is 19.8. The zero-order valence-corrected chi connectivity index (χ0v) is 17.1. The molecule has 1 saturated heterocycles. The second-order valence-electron chi connectivity index (χ2n) is 9.59. The normalized spacial score (nSPS) is 37.6. The van der Waals surface area contributed by atoms with Crippen LogP contribution in [-0.4, -0.2) is 0 Å². The number of allylic oxidation sites excluding steroid dienone is 2. The maximum absolute atomic E-state index is 7.60. The Bertz CT molecular complexity index is 1040. The third-order valence-corrected chi connectivity index (χ3v) is 8.48. The van der Waals surface area contributed by atoms with E-state index in [-0.39, 0.29) is 11.2 Å². The summed E-state index contributed by atoms with van der Waals surface area (Å²) in [5.74, 6) is 2.14. The van der Waals surface area contributed by atoms with Gasteiger partial charge in [-0.25, -0.2) is 0 Å². The van der Waals surface area contributed by atoms with Crippen LogP contribution in [-0.2, 0) is 15.9 Å². The molecule has 30 heavy (non-hydrogen) atoms. The van der Waals surface area contributed by atoms with E-state index in [4.69, 9.17) is 4.74 Å². The van der Waals surface area contributed by atoms with Crippen LogP contribution < -0.4 is 0 Å². The minimum absolute atomic E-state index is 0.377. The van der Waals surface area contributed by atoms with E-state index in [1.54, 1.807) is 0 Å². The van der Waals surface area contributed by atoms with Gasteiger partial charge in [0.25, 0.3) is 0 Å². The van der Waals surface area contributed by atoms with Crippen molar-refractivity contribution in [1.82, 2.24) is 0 Å². The quantitative estimate of drug-likeness (QED) is 0.458. The third kappa shape index (κ3) is 1.93. The van der Waals surface area contributed by atoms with Crippen LogP contribution in [0.25, 0.3) is 0 Å². The minimum Gasteiger partial charge on any atom is -0.349 e. The molecule has 1 nitrogen and oxygen atoms in total. The van der Waals surface area contributed by atoms with Crippen LogP contribution >= 0.6 is 0 Å². The van der Waals surface area contributed by atoms with Crippen molar-refractivity contribution in [2.45, 2.75) is 30.5 Å². The van der Waals surface area contributed by atoms with Crippen LogP contribution in [0.4, 0.5) is 0 Å². The highest BCUT2D eigenvalue weighted by Crippen LogP contribution is 2.70. The molecule has 8 rings (SSSR count). The van der Waals surface area contributed by atoms with Gasteiger partial charge in [0.15, 0.2) is 0 Å². The van der Waals surface area contributed by atoms with Crippen LogP contribution in [0.15, 0.2) is 97.1 Å². The van der Waals surface area contributed by atoms with Crippen LogP contribution in [0.1, 0.15) is 41.5 Å². The highest BCUT2D eigenvalue weighted by molar-refractivity contribution is 5.56. The number of hydrogen-bond donors (Lipinski definition) is 0. The van der Waals surface area contributed by atoms with Crippen LogP contribution in [0, 0.1) is 23.7 Å². The Morgan fingerprint density at radius 2 is 1.00 bits per heavy atom. The lowest BCUT2D eigenvalue weighted by Gasteiger charge is -2.51. The molecule has 148 valence electrons. The minimum atomic E-state index is -0.377. The highest BCUT2D eigenvalue weighted by Gasteiger charge is 2.68. The molecule has 0 aromatic heterocycles. The molecule has 2 fully saturated rings. The summed E-state index contributed by atoms with van der Waals surface area (Å²) in [5, 5.41) is 0. The Balaban J connectivity index is 1.61. The first-order chi connectivity index (χ1) is 14.8. The van der Waals surface area contributed by atoms with Crippen LogP contribution in [0.5, 0.6) is 0 Å². The second-order valence-corrected chi connectivity index (χ2v) is 9.59. The predicted octanol–water partition coefficient (Wildman–Crippen LogP) is 6.44. The Hall–Kier alpha value is -2.64. The van der Waals surface area contributed by atoms with E-state index in [0.29, 0.717) is 23.7 Å². The van der Waals surface area contributed by atoms with Crippen molar-refractivity contribution in [2.24, 2.45) is 23.7 Å². The average Bonchev–Trinajstić information content (AvgIpc) is 2.92. The Morgan fingerprint density at radius 1 is 0.567 bits per heavy atom. The molecule has 6 atom stereocenters. The third-order valence-electron chi connectivity index (χ3n) is 8.48. The molecule has 1 heteroatoms. The maximum Gasteiger partial charge on any atom is 0.124 e. The van der Waals surface area contributed by atoms with Crippen LogP contribution in [0.2, 0.25) is 0 Å². The molecule has 0 N–H and O–H groups in total. The van der Waals surface area contributed by atoms with Gasteiger partial charge in [0.1, 0.15) is 11.2 Å². The molecule has 1 saturated carbocycles. The molecule has 3 aliphatic carbocycles. The first-order valence-corrected chi connectivity index (χ1v) is 11.4. The van der Waals surface area contributed by atoms with Gasteiger partial charge in [0, 0.05) is 11.8 Å². The van der Waals surface area contributed by atoms with E-state index >= 15 is 0 Å². The Kier molecular flexibility index (Phi) is 3.39. The van der Waals surface area contributed by atoms with Gasteiger partial charge in [0.2, 0.25) is 0 Å². The fraction of sp³-hybridized carbons (Fsp3) is 0.310. The summed E-state index contributed by atoms with van der Waals surface area (Å²) >= 11 is 0. The summed E-state index contributed by atoms with van der Waals surface area (Å²) in [5.41, 5.74) is 4.67. The molecule has 2 heterocycles. The van der Waals surface area contributed by atoms with E-state index in [0.717, 1.165) is 0 Å². The largest absolute Gasteiger partial charge is 0.349 e. The summed E-state index contributed by atoms with van der Waals surface area (Å²) < 4.78 is 7.60. The van der Waals surface area contributed by atoms with Crippen molar-refractivity contribution in [3.05, 3.63) is 119 Å². The van der Waals surface area contributed by atoms with Gasteiger partial charge < -0.3 is 4.74 Å². The number of hydrogen-bond acceptors (Lipinski definition) is 1. The Morgan fingerprint density at radius 3 is 1.43 bits per heavy atom. The number of benzene rings is 3. The van der Waals surface area contributed by atoms with Crippen molar-refractivity contribution in [3.63, 3.8) is 0 Å². The molecule has 0 spiro atoms. The van der Waals surface area contributed by atoms with Gasteiger partial charge >= 0.3 is 0 Å². The fourth-order valence-corrected chi connectivity index (χ4v) is 7.37. The predicted molar refractivity (Wildman–Crippen MR) is 119 cm³/mol. The molecule has 5 aliphatic rings. The smallest absolute Gasteiger partial charge is 0.124 e. The highest BCUT2D eigenvalue weighted by atomic mass is 16.5. The average molecular weight is 391 g/mol. The molecule has 3 aromatic rings. The van der Waals surface area contributed by atoms with E-state index in [1.807, 2.05) is 0 Å². The van der Waals surface area contributed by atoms with Crippen molar-refractivity contribution >= 4 is 0 Å². The van der Waals surface area contributed by atoms with E-state index in [1.165, 1.54) is 41.5 Å². The number of fused-ring (bicyclic) bond motifs is 6. The van der Waals surface area contributed by atoms with E-state index in [9.17, 15) is 0 Å². The van der Waals surface area contributed by atoms with E-state index in [2.05, 4.69) is 97.1 Å². The lowest BCUT2D eigenvalue weighted by Crippen LogP contribution is -2.51. The van der Waals surface area contributed by atoms with E-state index < -0.39 is 0 Å². The summed E-state index contributed by atoms with van der Waals surface area (Å²) in [6.45, 7) is 0. The molecular weight excluding hydrogens is 364 g/mol. The molecule has 0 amide bonds. The SMILES string of the molecule is C1=CC2CCC1[C@H]1C[C@@H]2[C@]2(c3ccccc3)O[C@@]1(c1ccccc1)c1ccccc12. The molecule has 3 aromatic carbocycles. The lowest BCUT2D eigenvalue weighted by atomic mass is 9.66. The van der Waals surface area contributed by atoms with Crippen molar-refractivity contribution < 1.29 is 4.74 Å². The topological polar surface area (TPSA) is 9.23 Å². The summed E-state index contributed by atoms with van der Waals surface area (Å²) in [6.07, 6.45) is 8.87. The number of rotatable bonds is 2. The maximum atomic E-state index is 7.60. The molecule has 0 radical (unpaired) electrons. The van der Waals surface area contributed by atoms with Gasteiger partial charge in [-0.2, -0.15) is 0 Å². The zero-order valence-electron chi connectivity index (χ0n) is 17.1. The van der Waals surface area contributed by atoms with Crippen molar-refractivity contribution in [1.29, 1.82) is 0 Å². The summed E-state index contributed by atoms with van der Waals surface area (Å²) in [4.78, 5) is 0. The van der Waals surface area contributed by atoms with Gasteiger partial charge in [-0.3, -0.25) is 0 Å². The molecule has 2 aliphatic heterocycles. The fourth-order valence-electron chi connectivity index (χ4n) is 7.37. The lowest BCUT2D eigenvalue weighted by molar-refractivity contribution is -0.204. The number of ether oxygens (including phenoxy) is 1. The van der Waals surface area contributed by atoms with Crippen molar-refractivity contribution in [2.75, 3.05) is 0 Å². The van der Waals surface area contributed by atoms with Crippen molar-refractivity contribution in [3.8, 4) is 0 Å². The standard InChI is InChI=1S/C29H26O/c1-3-9-22(10-4-1)28-24-13-7-8-14-25(24)29(30-28,23-11-5-2-6-12-23)27-19-26(28)20-15-17-21(27)18-16-20/h1-15,17,20-21,26-27H,16,18-19H2/t20?,21?,26-,27+,28+,29-. The molecular formula is C29H26O. The first kappa shape index (κ1) is 17.1. The monoisotopic (exact) mass is 390 g/mol. The van der Waals surface area contributed by atoms with Gasteiger partial charge in [-0.05, 0) is 53.4 Å².